The van der Waals surface area contributed by atoms with Gasteiger partial charge in [-0.05, 0) is 76.0 Å². The molecule has 0 saturated carbocycles. The van der Waals surface area contributed by atoms with Crippen molar-refractivity contribution in [3.05, 3.63) is 205 Å². The Hall–Kier alpha value is -6.42. The van der Waals surface area contributed by atoms with Crippen LogP contribution in [0.3, 0.4) is 0 Å². The standard InChI is InChI=1S/C49H36N2Si/c1-35-16-14-22-40(32-35)52(38-18-4-2-5-19-38,39-20-6-3-7-21-39)41-23-15-17-36(33-41)50-48-29-13-10-26-44(48)45-34-37(30-31-49(45)50)51-46-27-11-8-24-42(46)43-25-9-12-28-47(43)51/h2-34H,1H3/i2D,3D,4D,5D,6D,7D,8D,9D,10D,11D,12D,13D,14D,15D,16D,17D,18D,19D,20D,21D,22D,23D,24D,25D,26D,27D,28D,29D,30D,31D,32D,33D,34D. The molecule has 2 heterocycles. The van der Waals surface area contributed by atoms with Gasteiger partial charge < -0.3 is 9.13 Å². The van der Waals surface area contributed by atoms with Crippen LogP contribution in [-0.4, -0.2) is 17.2 Å². The van der Waals surface area contributed by atoms with Gasteiger partial charge in [0, 0.05) is 32.9 Å². The number of rotatable bonds is 6. The maximum Gasteiger partial charge on any atom is 0.179 e. The molecule has 8 aromatic carbocycles. The molecule has 0 spiro atoms. The first-order valence-corrected chi connectivity index (χ1v) is 17.3. The van der Waals surface area contributed by atoms with Crippen molar-refractivity contribution in [1.82, 2.24) is 9.13 Å². The van der Waals surface area contributed by atoms with Crippen LogP contribution in [0, 0.1) is 6.92 Å². The molecule has 0 fully saturated rings. The van der Waals surface area contributed by atoms with E-state index in [0.717, 1.165) is 6.92 Å². The van der Waals surface area contributed by atoms with Crippen LogP contribution in [0.5, 0.6) is 0 Å². The van der Waals surface area contributed by atoms with Gasteiger partial charge in [0.2, 0.25) is 0 Å². The van der Waals surface area contributed by atoms with E-state index in [-0.39, 0.29) is 0 Å². The quantitative estimate of drug-likeness (QED) is 0.120. The summed E-state index contributed by atoms with van der Waals surface area (Å²) in [5, 5.41) is -7.16. The van der Waals surface area contributed by atoms with E-state index in [2.05, 4.69) is 0 Å². The number of aromatic nitrogens is 2. The van der Waals surface area contributed by atoms with Gasteiger partial charge in [-0.2, -0.15) is 0 Å². The highest BCUT2D eigenvalue weighted by Crippen LogP contribution is 2.36. The molecule has 2 aromatic heterocycles. The van der Waals surface area contributed by atoms with E-state index in [1.165, 1.54) is 0 Å². The molecule has 10 rings (SSSR count). The highest BCUT2D eigenvalue weighted by atomic mass is 28.3. The Morgan fingerprint density at radius 3 is 1.35 bits per heavy atom. The summed E-state index contributed by atoms with van der Waals surface area (Å²) in [6.45, 7) is 1.09. The minimum absolute atomic E-state index is 0.498. The second-order valence-corrected chi connectivity index (χ2v) is 14.8. The SMILES string of the molecule is [2H]c1c([2H])c([2H])c([Si](c2c([2H])c([2H])c([2H])c([2H])c2[2H])(c2c([2H])c([2H])c([2H])c(C)c2[2H])c2c([2H])c([2H])c([2H])c(-n3c4c([2H])c([2H])c([2H])c([2H])c4c4c([2H])c(-n5c6c([2H])c([2H])c([2H])c([2H])c6c6c([2H])c([2H])c([2H])c([2H])c65)c([2H])c([2H])c43)c2[2H])c([2H])c1[2H]. The number of fused-ring (bicyclic) bond motifs is 6. The molecule has 0 N–H and O–H groups in total. The van der Waals surface area contributed by atoms with E-state index in [4.69, 9.17) is 24.7 Å². The summed E-state index contributed by atoms with van der Waals surface area (Å²) in [5.41, 5.74) is -5.64. The number of hydrogen-bond acceptors (Lipinski definition) is 0. The van der Waals surface area contributed by atoms with E-state index in [9.17, 15) is 20.6 Å². The van der Waals surface area contributed by atoms with Crippen LogP contribution in [-0.2, 0) is 0 Å². The summed E-state index contributed by atoms with van der Waals surface area (Å²) in [6, 6.07) is -36.3. The average Bonchev–Trinajstić information content (AvgIpc) is 1.86. The summed E-state index contributed by atoms with van der Waals surface area (Å²) in [6.07, 6.45) is 0. The lowest BCUT2D eigenvalue weighted by Crippen LogP contribution is -2.74. The minimum Gasteiger partial charge on any atom is -0.309 e. The molecule has 2 nitrogen and oxygen atoms in total. The normalized spacial score (nSPS) is 20.8. The first-order valence-electron chi connectivity index (χ1n) is 31.8. The Labute approximate surface area is 350 Å². The van der Waals surface area contributed by atoms with Crippen LogP contribution in [0.4, 0.5) is 0 Å². The molecule has 0 amide bonds. The van der Waals surface area contributed by atoms with E-state index in [0.29, 0.717) is 9.13 Å². The van der Waals surface area contributed by atoms with Gasteiger partial charge in [-0.25, -0.2) is 0 Å². The van der Waals surface area contributed by atoms with E-state index >= 15 is 0 Å². The van der Waals surface area contributed by atoms with Crippen molar-refractivity contribution in [2.75, 3.05) is 0 Å². The smallest absolute Gasteiger partial charge is 0.179 e. The maximum atomic E-state index is 10.5. The van der Waals surface area contributed by atoms with Crippen molar-refractivity contribution in [3.8, 4) is 11.4 Å². The first-order chi connectivity index (χ1) is 39.5. The van der Waals surface area contributed by atoms with Crippen molar-refractivity contribution < 1.29 is 45.2 Å². The molecule has 0 radical (unpaired) electrons. The zero-order valence-electron chi connectivity index (χ0n) is 59.4. The lowest BCUT2D eigenvalue weighted by Gasteiger charge is -2.35. The molecule has 0 atom stereocenters. The van der Waals surface area contributed by atoms with Crippen molar-refractivity contribution >= 4 is 72.4 Å². The lowest BCUT2D eigenvalue weighted by atomic mass is 10.1. The number of hydrogen-bond donors (Lipinski definition) is 0. The fourth-order valence-corrected chi connectivity index (χ4v) is 10.0. The molecule has 0 aliphatic heterocycles. The molecular weight excluding hydrogens is 645 g/mol. The van der Waals surface area contributed by atoms with Gasteiger partial charge in [0.25, 0.3) is 0 Å². The molecule has 3 heteroatoms. The summed E-state index contributed by atoms with van der Waals surface area (Å²) in [5.74, 6) is 0. The molecule has 0 aliphatic carbocycles. The van der Waals surface area contributed by atoms with Crippen molar-refractivity contribution in [2.24, 2.45) is 0 Å². The van der Waals surface area contributed by atoms with Crippen LogP contribution in [0.15, 0.2) is 199 Å². The Balaban J connectivity index is 1.56. The summed E-state index contributed by atoms with van der Waals surface area (Å²) in [7, 11) is -6.43. The summed E-state index contributed by atoms with van der Waals surface area (Å²) >= 11 is 0. The third-order valence-corrected chi connectivity index (χ3v) is 12.5. The minimum atomic E-state index is -6.43. The summed E-state index contributed by atoms with van der Waals surface area (Å²) < 4.78 is 306. The molecule has 0 bridgehead atoms. The largest absolute Gasteiger partial charge is 0.309 e. The van der Waals surface area contributed by atoms with Crippen molar-refractivity contribution in [1.29, 1.82) is 0 Å². The van der Waals surface area contributed by atoms with Gasteiger partial charge >= 0.3 is 0 Å². The lowest BCUT2D eigenvalue weighted by molar-refractivity contribution is 1.17. The molecule has 10 aromatic rings. The molecule has 0 saturated heterocycles. The van der Waals surface area contributed by atoms with Crippen LogP contribution in [0.25, 0.3) is 55.0 Å². The van der Waals surface area contributed by atoms with Gasteiger partial charge in [0.15, 0.2) is 8.07 Å². The zero-order valence-corrected chi connectivity index (χ0v) is 27.4. The first kappa shape index (κ1) is 11.8. The fourth-order valence-electron chi connectivity index (χ4n) is 6.37. The molecular formula is C49H36N2Si. The Morgan fingerprint density at radius 1 is 0.346 bits per heavy atom. The molecule has 0 unspecified atom stereocenters. The van der Waals surface area contributed by atoms with Gasteiger partial charge in [-0.1, -0.05) is 157 Å². The Morgan fingerprint density at radius 2 is 0.769 bits per heavy atom. The second-order valence-electron chi connectivity index (χ2n) is 11.3. The second kappa shape index (κ2) is 12.1. The van der Waals surface area contributed by atoms with Crippen LogP contribution < -0.4 is 20.7 Å². The van der Waals surface area contributed by atoms with Gasteiger partial charge in [-0.15, -0.1) is 0 Å². The third kappa shape index (κ3) is 4.56. The number of nitrogens with zero attached hydrogens (tertiary/aromatic N) is 2. The molecule has 52 heavy (non-hydrogen) atoms. The third-order valence-electron chi connectivity index (χ3n) is 8.49. The van der Waals surface area contributed by atoms with E-state index in [1.54, 1.807) is 0 Å². The number of para-hydroxylation sites is 3. The Bertz CT molecular complexity index is 4500. The monoisotopic (exact) mass is 713 g/mol. The van der Waals surface area contributed by atoms with Gasteiger partial charge in [-0.3, -0.25) is 0 Å². The highest BCUT2D eigenvalue weighted by Gasteiger charge is 2.41. The van der Waals surface area contributed by atoms with Crippen molar-refractivity contribution in [2.45, 2.75) is 6.92 Å². The average molecular weight is 714 g/mol. The Kier molecular flexibility index (Phi) is 2.75. The predicted octanol–water partition coefficient (Wildman–Crippen LogP) is 9.57. The maximum absolute atomic E-state index is 10.5. The van der Waals surface area contributed by atoms with Crippen LogP contribution in [0.1, 0.15) is 50.8 Å². The topological polar surface area (TPSA) is 9.86 Å². The van der Waals surface area contributed by atoms with Gasteiger partial charge in [0.05, 0.1) is 67.3 Å². The molecule has 0 aliphatic rings. The van der Waals surface area contributed by atoms with E-state index < -0.39 is 289 Å². The van der Waals surface area contributed by atoms with Crippen molar-refractivity contribution in [3.63, 3.8) is 0 Å². The number of benzene rings is 8. The van der Waals surface area contributed by atoms with E-state index in [1.807, 2.05) is 0 Å². The predicted molar refractivity (Wildman–Crippen MR) is 223 cm³/mol. The van der Waals surface area contributed by atoms with Gasteiger partial charge in [0.1, 0.15) is 0 Å². The molecule has 246 valence electrons. The highest BCUT2D eigenvalue weighted by molar-refractivity contribution is 7.19. The zero-order chi connectivity index (χ0) is 63.4. The summed E-state index contributed by atoms with van der Waals surface area (Å²) in [4.78, 5) is 0. The van der Waals surface area contributed by atoms with Crippen LogP contribution >= 0.6 is 0 Å². The fraction of sp³-hybridized carbons (Fsp3) is 0.0204. The van der Waals surface area contributed by atoms with Crippen LogP contribution in [0.2, 0.25) is 0 Å².